The number of nitrogens with zero attached hydrogens (tertiary/aromatic N) is 1. The third-order valence-electron chi connectivity index (χ3n) is 4.25. The lowest BCUT2D eigenvalue weighted by atomic mass is 9.80. The molecular weight excluding hydrogens is 314 g/mol. The van der Waals surface area contributed by atoms with Crippen LogP contribution in [-0.2, 0) is 9.59 Å². The van der Waals surface area contributed by atoms with Gasteiger partial charge in [-0.15, -0.1) is 0 Å². The second-order valence-electron chi connectivity index (χ2n) is 7.71. The van der Waals surface area contributed by atoms with Crippen molar-refractivity contribution in [1.29, 1.82) is 0 Å². The second-order valence-corrected chi connectivity index (χ2v) is 7.71. The molecule has 5 nitrogen and oxygen atoms in total. The van der Waals surface area contributed by atoms with Crippen molar-refractivity contribution in [2.75, 3.05) is 5.32 Å². The molecule has 134 valence electrons. The van der Waals surface area contributed by atoms with Crippen LogP contribution in [0, 0.1) is 17.3 Å². The van der Waals surface area contributed by atoms with Crippen molar-refractivity contribution in [3.8, 4) is 11.8 Å². The number of amides is 2. The van der Waals surface area contributed by atoms with E-state index in [1.165, 1.54) is 13.3 Å². The van der Waals surface area contributed by atoms with Gasteiger partial charge in [0.05, 0.1) is 0 Å². The van der Waals surface area contributed by atoms with Crippen LogP contribution in [0.1, 0.15) is 65.4 Å². The summed E-state index contributed by atoms with van der Waals surface area (Å²) in [5, 5.41) is 5.82. The van der Waals surface area contributed by atoms with Crippen LogP contribution in [0.4, 0.5) is 5.82 Å². The fourth-order valence-electron chi connectivity index (χ4n) is 2.76. The first kappa shape index (κ1) is 19.0. The minimum absolute atomic E-state index is 0.0304. The number of rotatable bonds is 2. The van der Waals surface area contributed by atoms with E-state index in [4.69, 9.17) is 0 Å². The molecule has 2 amide bonds. The highest BCUT2D eigenvalue weighted by molar-refractivity contribution is 5.87. The van der Waals surface area contributed by atoms with Crippen molar-refractivity contribution < 1.29 is 9.59 Å². The van der Waals surface area contributed by atoms with Crippen LogP contribution in [0.3, 0.4) is 0 Å². The lowest BCUT2D eigenvalue weighted by molar-refractivity contribution is -0.130. The Hall–Kier alpha value is -2.35. The number of hydrogen-bond donors (Lipinski definition) is 2. The van der Waals surface area contributed by atoms with Crippen molar-refractivity contribution in [2.24, 2.45) is 5.41 Å². The molecule has 2 rings (SSSR count). The van der Waals surface area contributed by atoms with Gasteiger partial charge in [0.1, 0.15) is 11.4 Å². The highest BCUT2D eigenvalue weighted by atomic mass is 16.2. The first-order chi connectivity index (χ1) is 11.7. The largest absolute Gasteiger partial charge is 0.339 e. The van der Waals surface area contributed by atoms with Crippen molar-refractivity contribution >= 4 is 17.6 Å². The van der Waals surface area contributed by atoms with E-state index in [1.54, 1.807) is 12.3 Å². The molecule has 2 N–H and O–H groups in total. The summed E-state index contributed by atoms with van der Waals surface area (Å²) >= 11 is 0. The average molecular weight is 341 g/mol. The summed E-state index contributed by atoms with van der Waals surface area (Å²) in [6, 6.07) is 3.56. The summed E-state index contributed by atoms with van der Waals surface area (Å²) in [5.41, 5.74) is -0.129. The van der Waals surface area contributed by atoms with Crippen LogP contribution in [0.5, 0.6) is 0 Å². The zero-order valence-corrected chi connectivity index (χ0v) is 15.5. The van der Waals surface area contributed by atoms with Crippen LogP contribution in [0.25, 0.3) is 0 Å². The fraction of sp³-hybridized carbons (Fsp3) is 0.550. The Balaban J connectivity index is 2.19. The molecule has 1 saturated carbocycles. The fourth-order valence-corrected chi connectivity index (χ4v) is 2.76. The molecule has 0 bridgehead atoms. The van der Waals surface area contributed by atoms with Gasteiger partial charge in [0.15, 0.2) is 0 Å². The Morgan fingerprint density at radius 2 is 1.84 bits per heavy atom. The summed E-state index contributed by atoms with van der Waals surface area (Å²) in [7, 11) is 0. The SMILES string of the molecule is CC(=O)Nc1ccc(C#CC2(NC(=O)C(C)(C)C)CCCCC2)cn1. The van der Waals surface area contributed by atoms with Crippen molar-refractivity contribution in [1.82, 2.24) is 10.3 Å². The molecule has 1 aliphatic rings. The molecule has 0 aromatic carbocycles. The average Bonchev–Trinajstić information content (AvgIpc) is 2.54. The minimum atomic E-state index is -0.459. The highest BCUT2D eigenvalue weighted by Gasteiger charge is 2.35. The molecule has 1 aliphatic carbocycles. The van der Waals surface area contributed by atoms with Gasteiger partial charge >= 0.3 is 0 Å². The number of anilines is 1. The third kappa shape index (κ3) is 5.60. The monoisotopic (exact) mass is 341 g/mol. The number of carbonyl (C=O) groups excluding carboxylic acids is 2. The van der Waals surface area contributed by atoms with Crippen LogP contribution in [-0.4, -0.2) is 22.3 Å². The Kier molecular flexibility index (Phi) is 5.84. The molecule has 1 aromatic heterocycles. The van der Waals surface area contributed by atoms with Gasteiger partial charge in [-0.1, -0.05) is 51.9 Å². The number of nitrogens with one attached hydrogen (secondary N) is 2. The Bertz CT molecular complexity index is 684. The molecule has 0 spiro atoms. The van der Waals surface area contributed by atoms with Crippen molar-refractivity contribution in [2.45, 2.75) is 65.3 Å². The molecule has 5 heteroatoms. The maximum absolute atomic E-state index is 12.5. The molecule has 0 saturated heterocycles. The second kappa shape index (κ2) is 7.69. The Morgan fingerprint density at radius 3 is 2.36 bits per heavy atom. The van der Waals surface area contributed by atoms with Crippen molar-refractivity contribution in [3.63, 3.8) is 0 Å². The lowest BCUT2D eigenvalue weighted by Gasteiger charge is -2.35. The summed E-state index contributed by atoms with van der Waals surface area (Å²) in [6.45, 7) is 7.19. The number of aromatic nitrogens is 1. The van der Waals surface area contributed by atoms with Gasteiger partial charge in [0.2, 0.25) is 11.8 Å². The van der Waals surface area contributed by atoms with E-state index >= 15 is 0 Å². The molecular formula is C20H27N3O2. The highest BCUT2D eigenvalue weighted by Crippen LogP contribution is 2.29. The summed E-state index contributed by atoms with van der Waals surface area (Å²) in [4.78, 5) is 27.7. The summed E-state index contributed by atoms with van der Waals surface area (Å²) in [5.74, 6) is 6.84. The van der Waals surface area contributed by atoms with E-state index in [2.05, 4.69) is 27.5 Å². The van der Waals surface area contributed by atoms with Gasteiger partial charge < -0.3 is 10.6 Å². The van der Waals surface area contributed by atoms with Crippen LogP contribution in [0.15, 0.2) is 18.3 Å². The molecule has 25 heavy (non-hydrogen) atoms. The standard InChI is InChI=1S/C20H27N3O2/c1-15(24)22-17-9-8-16(14-21-17)10-13-20(11-6-5-7-12-20)23-18(25)19(2,3)4/h8-9,14H,5-7,11-12H2,1-4H3,(H,23,25)(H,21,22,24). The Labute approximate surface area is 150 Å². The predicted molar refractivity (Wildman–Crippen MR) is 98.8 cm³/mol. The van der Waals surface area contributed by atoms with E-state index in [0.29, 0.717) is 5.82 Å². The predicted octanol–water partition coefficient (Wildman–Crippen LogP) is 3.26. The van der Waals surface area contributed by atoms with Crippen LogP contribution >= 0.6 is 0 Å². The third-order valence-corrected chi connectivity index (χ3v) is 4.25. The molecule has 1 fully saturated rings. The molecule has 0 aliphatic heterocycles. The van der Waals surface area contributed by atoms with Gasteiger partial charge in [-0.05, 0) is 25.0 Å². The molecule has 0 atom stereocenters. The zero-order valence-electron chi connectivity index (χ0n) is 15.5. The number of pyridine rings is 1. The van der Waals surface area contributed by atoms with E-state index in [0.717, 1.165) is 31.2 Å². The summed E-state index contributed by atoms with van der Waals surface area (Å²) < 4.78 is 0. The molecule has 0 radical (unpaired) electrons. The maximum Gasteiger partial charge on any atom is 0.226 e. The number of hydrogen-bond acceptors (Lipinski definition) is 3. The van der Waals surface area contributed by atoms with Crippen LogP contribution in [0.2, 0.25) is 0 Å². The van der Waals surface area contributed by atoms with Crippen molar-refractivity contribution in [3.05, 3.63) is 23.9 Å². The van der Waals surface area contributed by atoms with E-state index in [1.807, 2.05) is 26.8 Å². The van der Waals surface area contributed by atoms with Crippen LogP contribution < -0.4 is 10.6 Å². The van der Waals surface area contributed by atoms with E-state index in [-0.39, 0.29) is 11.8 Å². The summed E-state index contributed by atoms with van der Waals surface area (Å²) in [6.07, 6.45) is 6.71. The Morgan fingerprint density at radius 1 is 1.16 bits per heavy atom. The first-order valence-electron chi connectivity index (χ1n) is 8.80. The van der Waals surface area contributed by atoms with E-state index < -0.39 is 11.0 Å². The van der Waals surface area contributed by atoms with Gasteiger partial charge in [0.25, 0.3) is 0 Å². The normalized spacial score (nSPS) is 16.3. The maximum atomic E-state index is 12.5. The quantitative estimate of drug-likeness (QED) is 0.811. The van der Waals surface area contributed by atoms with E-state index in [9.17, 15) is 9.59 Å². The zero-order chi connectivity index (χ0) is 18.5. The molecule has 1 aromatic rings. The van der Waals surface area contributed by atoms with Gasteiger partial charge in [0, 0.05) is 24.1 Å². The smallest absolute Gasteiger partial charge is 0.226 e. The lowest BCUT2D eigenvalue weighted by Crippen LogP contribution is -2.52. The first-order valence-corrected chi connectivity index (χ1v) is 8.80. The van der Waals surface area contributed by atoms with Gasteiger partial charge in [-0.2, -0.15) is 0 Å². The molecule has 1 heterocycles. The molecule has 0 unspecified atom stereocenters. The minimum Gasteiger partial charge on any atom is -0.339 e. The topological polar surface area (TPSA) is 71.1 Å². The van der Waals surface area contributed by atoms with Gasteiger partial charge in [-0.3, -0.25) is 9.59 Å². The van der Waals surface area contributed by atoms with Gasteiger partial charge in [-0.25, -0.2) is 4.98 Å². The number of carbonyl (C=O) groups is 2.